The molecule has 0 spiro atoms. The van der Waals surface area contributed by atoms with Crippen LogP contribution in [0.1, 0.15) is 37.5 Å². The van der Waals surface area contributed by atoms with Crippen molar-refractivity contribution in [3.8, 4) is 0 Å². The van der Waals surface area contributed by atoms with Gasteiger partial charge in [0.2, 0.25) is 0 Å². The van der Waals surface area contributed by atoms with Gasteiger partial charge in [0.1, 0.15) is 5.69 Å². The third kappa shape index (κ3) is 4.39. The van der Waals surface area contributed by atoms with Gasteiger partial charge in [-0.2, -0.15) is 0 Å². The van der Waals surface area contributed by atoms with Crippen molar-refractivity contribution in [3.63, 3.8) is 0 Å². The summed E-state index contributed by atoms with van der Waals surface area (Å²) in [5.41, 5.74) is 5.09. The Balaban J connectivity index is 1.77. The van der Waals surface area contributed by atoms with E-state index in [1.165, 1.54) is 12.3 Å². The molecule has 3 rings (SSSR count). The number of carbonyl (C=O) groups excluding carboxylic acids is 2. The monoisotopic (exact) mass is 359 g/mol. The van der Waals surface area contributed by atoms with E-state index in [1.54, 1.807) is 6.07 Å². The number of nitrogens with zero attached hydrogens (tertiary/aromatic N) is 1. The molecule has 1 aromatic heterocycles. The third-order valence-electron chi connectivity index (χ3n) is 4.28. The number of nitrogens with one attached hydrogen (secondary N) is 2. The summed E-state index contributed by atoms with van der Waals surface area (Å²) in [5, 5.41) is 5.70. The standard InChI is InChI=1S/C22H21N3O2/c1-14-7-9-18(10-8-14)24-22(27)19-13-17(11-12-23-19)21(26)25-20-15(2)5-4-6-16(20)3/h4-13H,1-3H3,(H,24,27)(H,25,26). The molecule has 136 valence electrons. The molecule has 0 aliphatic carbocycles. The Morgan fingerprint density at radius 1 is 0.815 bits per heavy atom. The number of carbonyl (C=O) groups is 2. The Hall–Kier alpha value is -3.47. The molecule has 0 aliphatic rings. The molecule has 0 saturated carbocycles. The van der Waals surface area contributed by atoms with Crippen molar-refractivity contribution in [2.75, 3.05) is 10.6 Å². The van der Waals surface area contributed by atoms with Gasteiger partial charge in [0.15, 0.2) is 0 Å². The molecule has 27 heavy (non-hydrogen) atoms. The fourth-order valence-corrected chi connectivity index (χ4v) is 2.73. The van der Waals surface area contributed by atoms with Gasteiger partial charge in [0.25, 0.3) is 11.8 Å². The fourth-order valence-electron chi connectivity index (χ4n) is 2.73. The first-order chi connectivity index (χ1) is 12.9. The molecular formula is C22H21N3O2. The number of aryl methyl sites for hydroxylation is 3. The van der Waals surface area contributed by atoms with Crippen LogP contribution in [0.2, 0.25) is 0 Å². The van der Waals surface area contributed by atoms with Crippen LogP contribution < -0.4 is 10.6 Å². The first-order valence-corrected chi connectivity index (χ1v) is 8.65. The first kappa shape index (κ1) is 18.3. The lowest BCUT2D eigenvalue weighted by Crippen LogP contribution is -2.17. The second kappa shape index (κ2) is 7.83. The molecule has 2 N–H and O–H groups in total. The molecule has 3 aromatic rings. The Morgan fingerprint density at radius 3 is 2.15 bits per heavy atom. The summed E-state index contributed by atoms with van der Waals surface area (Å²) in [6, 6.07) is 16.4. The summed E-state index contributed by atoms with van der Waals surface area (Å²) in [6.45, 7) is 5.86. The minimum atomic E-state index is -0.361. The van der Waals surface area contributed by atoms with E-state index in [0.29, 0.717) is 11.3 Å². The number of benzene rings is 2. The average Bonchev–Trinajstić information content (AvgIpc) is 2.66. The van der Waals surface area contributed by atoms with E-state index in [0.717, 1.165) is 22.4 Å². The number of hydrogen-bond donors (Lipinski definition) is 2. The molecule has 0 unspecified atom stereocenters. The van der Waals surface area contributed by atoms with E-state index in [9.17, 15) is 9.59 Å². The van der Waals surface area contributed by atoms with Gasteiger partial charge in [-0.05, 0) is 56.2 Å². The van der Waals surface area contributed by atoms with Crippen LogP contribution >= 0.6 is 0 Å². The van der Waals surface area contributed by atoms with Crippen LogP contribution in [0.25, 0.3) is 0 Å². The van der Waals surface area contributed by atoms with E-state index in [1.807, 2.05) is 63.2 Å². The normalized spacial score (nSPS) is 10.3. The van der Waals surface area contributed by atoms with Gasteiger partial charge in [-0.25, -0.2) is 0 Å². The van der Waals surface area contributed by atoms with E-state index in [-0.39, 0.29) is 17.5 Å². The molecule has 0 bridgehead atoms. The summed E-state index contributed by atoms with van der Waals surface area (Å²) in [4.78, 5) is 29.1. The Labute approximate surface area is 158 Å². The lowest BCUT2D eigenvalue weighted by molar-refractivity contribution is 0.102. The fraction of sp³-hybridized carbons (Fsp3) is 0.136. The number of para-hydroxylation sites is 1. The molecule has 0 radical (unpaired) electrons. The zero-order valence-corrected chi connectivity index (χ0v) is 15.5. The van der Waals surface area contributed by atoms with Gasteiger partial charge in [-0.3, -0.25) is 14.6 Å². The van der Waals surface area contributed by atoms with Gasteiger partial charge in [0.05, 0.1) is 0 Å². The van der Waals surface area contributed by atoms with Crippen LogP contribution in [0.15, 0.2) is 60.8 Å². The van der Waals surface area contributed by atoms with E-state index < -0.39 is 0 Å². The van der Waals surface area contributed by atoms with Crippen molar-refractivity contribution in [2.45, 2.75) is 20.8 Å². The predicted octanol–water partition coefficient (Wildman–Crippen LogP) is 4.51. The van der Waals surface area contributed by atoms with Crippen molar-refractivity contribution < 1.29 is 9.59 Å². The molecular weight excluding hydrogens is 338 g/mol. The zero-order chi connectivity index (χ0) is 19.4. The third-order valence-corrected chi connectivity index (χ3v) is 4.28. The molecule has 0 fully saturated rings. The Morgan fingerprint density at radius 2 is 1.48 bits per heavy atom. The van der Waals surface area contributed by atoms with Gasteiger partial charge in [-0.1, -0.05) is 35.9 Å². The second-order valence-corrected chi connectivity index (χ2v) is 6.47. The van der Waals surface area contributed by atoms with Gasteiger partial charge < -0.3 is 10.6 Å². The van der Waals surface area contributed by atoms with Crippen molar-refractivity contribution in [1.82, 2.24) is 4.98 Å². The maximum Gasteiger partial charge on any atom is 0.274 e. The van der Waals surface area contributed by atoms with Crippen molar-refractivity contribution in [2.24, 2.45) is 0 Å². The molecule has 5 nitrogen and oxygen atoms in total. The van der Waals surface area contributed by atoms with Crippen LogP contribution in [0.3, 0.4) is 0 Å². The molecule has 0 aliphatic heterocycles. The summed E-state index contributed by atoms with van der Waals surface area (Å²) in [5.74, 6) is -0.639. The van der Waals surface area contributed by atoms with Crippen molar-refractivity contribution >= 4 is 23.2 Å². The van der Waals surface area contributed by atoms with Crippen LogP contribution in [0, 0.1) is 20.8 Å². The average molecular weight is 359 g/mol. The minimum Gasteiger partial charge on any atom is -0.322 e. The number of pyridine rings is 1. The number of amides is 2. The summed E-state index contributed by atoms with van der Waals surface area (Å²) in [6.07, 6.45) is 1.46. The SMILES string of the molecule is Cc1ccc(NC(=O)c2cc(C(=O)Nc3c(C)cccc3C)ccn2)cc1. The Bertz CT molecular complexity index is 974. The van der Waals surface area contributed by atoms with E-state index >= 15 is 0 Å². The largest absolute Gasteiger partial charge is 0.322 e. The van der Waals surface area contributed by atoms with E-state index in [2.05, 4.69) is 15.6 Å². The topological polar surface area (TPSA) is 71.1 Å². The van der Waals surface area contributed by atoms with Crippen molar-refractivity contribution in [1.29, 1.82) is 0 Å². The highest BCUT2D eigenvalue weighted by atomic mass is 16.2. The first-order valence-electron chi connectivity index (χ1n) is 8.65. The highest BCUT2D eigenvalue weighted by Crippen LogP contribution is 2.20. The number of anilines is 2. The smallest absolute Gasteiger partial charge is 0.274 e. The quantitative estimate of drug-likeness (QED) is 0.720. The van der Waals surface area contributed by atoms with Gasteiger partial charge in [0, 0.05) is 23.1 Å². The lowest BCUT2D eigenvalue weighted by atomic mass is 10.1. The van der Waals surface area contributed by atoms with Crippen LogP contribution in [-0.2, 0) is 0 Å². The minimum absolute atomic E-state index is 0.185. The highest BCUT2D eigenvalue weighted by Gasteiger charge is 2.14. The highest BCUT2D eigenvalue weighted by molar-refractivity contribution is 6.08. The van der Waals surface area contributed by atoms with Crippen molar-refractivity contribution in [3.05, 3.63) is 88.7 Å². The number of hydrogen-bond acceptors (Lipinski definition) is 3. The maximum absolute atomic E-state index is 12.6. The predicted molar refractivity (Wildman–Crippen MR) is 107 cm³/mol. The number of rotatable bonds is 4. The maximum atomic E-state index is 12.6. The summed E-state index contributed by atoms with van der Waals surface area (Å²) in [7, 11) is 0. The molecule has 5 heteroatoms. The van der Waals surface area contributed by atoms with Gasteiger partial charge >= 0.3 is 0 Å². The summed E-state index contributed by atoms with van der Waals surface area (Å²) < 4.78 is 0. The Kier molecular flexibility index (Phi) is 5.31. The lowest BCUT2D eigenvalue weighted by Gasteiger charge is -2.12. The molecule has 2 amide bonds. The van der Waals surface area contributed by atoms with Gasteiger partial charge in [-0.15, -0.1) is 0 Å². The second-order valence-electron chi connectivity index (χ2n) is 6.47. The molecule has 0 saturated heterocycles. The van der Waals surface area contributed by atoms with Crippen LogP contribution in [0.5, 0.6) is 0 Å². The van der Waals surface area contributed by atoms with E-state index in [4.69, 9.17) is 0 Å². The number of aromatic nitrogens is 1. The van der Waals surface area contributed by atoms with Crippen LogP contribution in [0.4, 0.5) is 11.4 Å². The molecule has 0 atom stereocenters. The summed E-state index contributed by atoms with van der Waals surface area (Å²) >= 11 is 0. The zero-order valence-electron chi connectivity index (χ0n) is 15.5. The van der Waals surface area contributed by atoms with Crippen LogP contribution in [-0.4, -0.2) is 16.8 Å². The molecule has 2 aromatic carbocycles. The molecule has 1 heterocycles.